The summed E-state index contributed by atoms with van der Waals surface area (Å²) >= 11 is 0. The monoisotopic (exact) mass is 820 g/mol. The Labute approximate surface area is 348 Å². The molecule has 14 heteroatoms. The van der Waals surface area contributed by atoms with Crippen LogP contribution in [0.4, 0.5) is 47.3 Å². The molecule has 60 heavy (non-hydrogen) atoms. The number of benzene rings is 4. The van der Waals surface area contributed by atoms with E-state index in [0.717, 1.165) is 36.4 Å². The van der Waals surface area contributed by atoms with E-state index in [2.05, 4.69) is 44.2 Å². The fourth-order valence-corrected chi connectivity index (χ4v) is 10.1. The molecule has 3 saturated heterocycles. The summed E-state index contributed by atoms with van der Waals surface area (Å²) in [5.41, 5.74) is 6.62. The Morgan fingerprint density at radius 3 is 2.22 bits per heavy atom. The van der Waals surface area contributed by atoms with Crippen molar-refractivity contribution in [1.82, 2.24) is 9.80 Å². The van der Waals surface area contributed by atoms with Gasteiger partial charge in [0.1, 0.15) is 29.5 Å². The molecular weight excluding hydrogens is 770 g/mol. The molecule has 5 aliphatic rings. The highest BCUT2D eigenvalue weighted by Gasteiger charge is 2.39. The Balaban J connectivity index is 0.865. The second-order valence-corrected chi connectivity index (χ2v) is 17.3. The van der Waals surface area contributed by atoms with E-state index in [1.807, 2.05) is 32.0 Å². The predicted octanol–water partition coefficient (Wildman–Crippen LogP) is 6.61. The second kappa shape index (κ2) is 15.7. The maximum atomic E-state index is 16.0. The van der Waals surface area contributed by atoms with Crippen molar-refractivity contribution in [3.8, 4) is 0 Å². The van der Waals surface area contributed by atoms with E-state index in [-0.39, 0.29) is 42.7 Å². The molecule has 5 aliphatic heterocycles. The van der Waals surface area contributed by atoms with Crippen molar-refractivity contribution >= 4 is 51.8 Å². The first-order chi connectivity index (χ1) is 28.8. The van der Waals surface area contributed by atoms with Crippen LogP contribution < -0.4 is 31.1 Å². The third-order valence-electron chi connectivity index (χ3n) is 13.5. The number of nitrogens with zero attached hydrogens (tertiary/aromatic N) is 4. The van der Waals surface area contributed by atoms with Crippen molar-refractivity contribution in [1.29, 1.82) is 0 Å². The van der Waals surface area contributed by atoms with Crippen LogP contribution in [0.1, 0.15) is 53.1 Å². The summed E-state index contributed by atoms with van der Waals surface area (Å²) in [5, 5.41) is 12.2. The number of halogens is 3. The van der Waals surface area contributed by atoms with Gasteiger partial charge in [-0.25, -0.2) is 13.2 Å². The fraction of sp³-hybridized carbons (Fsp3) is 0.413. The molecule has 5 heterocycles. The summed E-state index contributed by atoms with van der Waals surface area (Å²) in [5.74, 6) is -1.72. The Kier molecular flexibility index (Phi) is 10.4. The van der Waals surface area contributed by atoms with Gasteiger partial charge in [-0.05, 0) is 118 Å². The van der Waals surface area contributed by atoms with Crippen LogP contribution in [-0.4, -0.2) is 92.5 Å². The van der Waals surface area contributed by atoms with Gasteiger partial charge >= 0.3 is 0 Å². The van der Waals surface area contributed by atoms with Crippen LogP contribution in [0.15, 0.2) is 60.7 Å². The average molecular weight is 821 g/mol. The zero-order chi connectivity index (χ0) is 42.0. The molecule has 314 valence electrons. The SMILES string of the molecule is Cc1ccc(F)c2c1NC(C(=O)Nc1cc(F)cc(N3CCC(c4cc(F)c5c(c4C)NC(C(=O)Nc4cccc(N6CC7CCCN(C)C7C6)c4)C5)N(C)C(=O)C3)c1)C2. The van der Waals surface area contributed by atoms with Crippen molar-refractivity contribution in [2.45, 2.75) is 70.1 Å². The minimum atomic E-state index is -0.740. The van der Waals surface area contributed by atoms with Gasteiger partial charge in [-0.2, -0.15) is 0 Å². The Bertz CT molecular complexity index is 2360. The van der Waals surface area contributed by atoms with Crippen LogP contribution in [-0.2, 0) is 27.2 Å². The van der Waals surface area contributed by atoms with Gasteiger partial charge in [0, 0.05) is 90.8 Å². The van der Waals surface area contributed by atoms with Crippen LogP contribution in [0.25, 0.3) is 0 Å². The molecule has 0 bridgehead atoms. The summed E-state index contributed by atoms with van der Waals surface area (Å²) < 4.78 is 45.6. The number of anilines is 6. The average Bonchev–Trinajstić information content (AvgIpc) is 3.98. The molecule has 3 amide bonds. The molecule has 5 atom stereocenters. The first-order valence-electron chi connectivity index (χ1n) is 20.9. The lowest BCUT2D eigenvalue weighted by Gasteiger charge is -2.33. The fourth-order valence-electron chi connectivity index (χ4n) is 10.1. The number of likely N-dealkylation sites (tertiary alicyclic amines) is 1. The molecule has 3 fully saturated rings. The van der Waals surface area contributed by atoms with Crippen LogP contribution in [0.5, 0.6) is 0 Å². The maximum Gasteiger partial charge on any atom is 0.247 e. The van der Waals surface area contributed by atoms with Crippen LogP contribution in [0.2, 0.25) is 0 Å². The minimum absolute atomic E-state index is 0.0635. The normalized spacial score (nSPS) is 23.7. The van der Waals surface area contributed by atoms with Gasteiger partial charge in [0.2, 0.25) is 17.7 Å². The molecule has 0 aliphatic carbocycles. The molecule has 0 saturated carbocycles. The first kappa shape index (κ1) is 39.7. The van der Waals surface area contributed by atoms with Crippen molar-refractivity contribution in [3.05, 3.63) is 106 Å². The third-order valence-corrected chi connectivity index (χ3v) is 13.5. The number of piperidine rings is 1. The largest absolute Gasteiger partial charge is 0.373 e. The lowest BCUT2D eigenvalue weighted by atomic mass is 9.93. The number of fused-ring (bicyclic) bond motifs is 3. The Morgan fingerprint density at radius 2 is 1.47 bits per heavy atom. The number of amides is 3. The lowest BCUT2D eigenvalue weighted by molar-refractivity contribution is -0.130. The van der Waals surface area contributed by atoms with Crippen molar-refractivity contribution in [2.75, 3.05) is 77.9 Å². The van der Waals surface area contributed by atoms with Crippen molar-refractivity contribution in [2.24, 2.45) is 5.92 Å². The molecule has 0 aromatic heterocycles. The first-order valence-corrected chi connectivity index (χ1v) is 20.9. The number of hydrogen-bond acceptors (Lipinski definition) is 8. The van der Waals surface area contributed by atoms with Gasteiger partial charge in [0.15, 0.2) is 0 Å². The van der Waals surface area contributed by atoms with Gasteiger partial charge in [-0.3, -0.25) is 14.4 Å². The number of hydrogen-bond donors (Lipinski definition) is 4. The summed E-state index contributed by atoms with van der Waals surface area (Å²) in [6.07, 6.45) is 3.20. The zero-order valence-corrected chi connectivity index (χ0v) is 34.4. The van der Waals surface area contributed by atoms with Crippen LogP contribution in [0, 0.1) is 37.2 Å². The molecular formula is C46H51F3N8O3. The van der Waals surface area contributed by atoms with E-state index < -0.39 is 35.7 Å². The van der Waals surface area contributed by atoms with Crippen molar-refractivity contribution in [3.63, 3.8) is 0 Å². The number of nitrogens with one attached hydrogen (secondary N) is 4. The molecule has 4 aromatic rings. The van der Waals surface area contributed by atoms with Crippen molar-refractivity contribution < 1.29 is 27.6 Å². The summed E-state index contributed by atoms with van der Waals surface area (Å²) in [6, 6.07) is 15.2. The number of carbonyl (C=O) groups is 3. The van der Waals surface area contributed by atoms with E-state index in [0.29, 0.717) is 64.4 Å². The zero-order valence-electron chi connectivity index (χ0n) is 34.4. The van der Waals surface area contributed by atoms with Gasteiger partial charge in [0.25, 0.3) is 0 Å². The van der Waals surface area contributed by atoms with E-state index in [4.69, 9.17) is 0 Å². The minimum Gasteiger partial charge on any atom is -0.373 e. The van der Waals surface area contributed by atoms with Gasteiger partial charge in [0.05, 0.1) is 12.6 Å². The van der Waals surface area contributed by atoms with E-state index in [1.165, 1.54) is 37.1 Å². The highest BCUT2D eigenvalue weighted by atomic mass is 19.1. The molecule has 11 nitrogen and oxygen atoms in total. The molecule has 4 N–H and O–H groups in total. The Morgan fingerprint density at radius 1 is 0.750 bits per heavy atom. The molecule has 0 radical (unpaired) electrons. The molecule has 0 spiro atoms. The lowest BCUT2D eigenvalue weighted by Crippen LogP contribution is -2.42. The third kappa shape index (κ3) is 7.39. The number of aryl methyl sites for hydroxylation is 1. The molecule has 5 unspecified atom stereocenters. The van der Waals surface area contributed by atoms with Crippen LogP contribution in [0.3, 0.4) is 0 Å². The topological polar surface area (TPSA) is 112 Å². The van der Waals surface area contributed by atoms with E-state index >= 15 is 8.78 Å². The number of rotatable bonds is 7. The summed E-state index contributed by atoms with van der Waals surface area (Å²) in [4.78, 5) is 48.9. The number of likely N-dealkylation sites (N-methyl/N-ethyl adjacent to an activating group) is 2. The second-order valence-electron chi connectivity index (χ2n) is 17.3. The maximum absolute atomic E-state index is 16.0. The predicted molar refractivity (Wildman–Crippen MR) is 228 cm³/mol. The standard InChI is InChI=1S/C46H51F3N8O3/c1-25-10-11-36(48)34-20-38(52-43(25)34)46(60)51-30-15-28(47)16-32(18-30)56-14-12-40(55(4)42(58)24-56)33-19-37(49)35-21-39(53-44(35)26(33)2)45(59)50-29-8-5-9-31(17-29)57-22-27-7-6-13-54(3)41(27)23-57/h5,8-11,15-19,27,38-41,52-53H,6-7,12-14,20-24H2,1-4H3,(H,50,59)(H,51,60). The van der Waals surface area contributed by atoms with E-state index in [9.17, 15) is 18.8 Å². The van der Waals surface area contributed by atoms with Gasteiger partial charge in [-0.15, -0.1) is 0 Å². The van der Waals surface area contributed by atoms with E-state index in [1.54, 1.807) is 29.0 Å². The van der Waals surface area contributed by atoms with Gasteiger partial charge < -0.3 is 40.9 Å². The number of carbonyl (C=O) groups excluding carboxylic acids is 3. The quantitative estimate of drug-likeness (QED) is 0.165. The summed E-state index contributed by atoms with van der Waals surface area (Å²) in [7, 11) is 3.89. The van der Waals surface area contributed by atoms with Crippen LogP contribution >= 0.6 is 0 Å². The molecule has 9 rings (SSSR count). The van der Waals surface area contributed by atoms with Gasteiger partial charge in [-0.1, -0.05) is 12.1 Å². The Hall–Kier alpha value is -5.76. The highest BCUT2D eigenvalue weighted by molar-refractivity contribution is 5.99. The summed E-state index contributed by atoms with van der Waals surface area (Å²) in [6.45, 7) is 7.07. The molecule has 4 aromatic carbocycles. The smallest absolute Gasteiger partial charge is 0.247 e. The highest BCUT2D eigenvalue weighted by Crippen LogP contribution is 2.40.